The molecular weight excluding hydrogens is 250 g/mol. The summed E-state index contributed by atoms with van der Waals surface area (Å²) in [6.45, 7) is 0.628. The van der Waals surface area contributed by atoms with Crippen LogP contribution in [0.4, 0.5) is 0 Å². The first kappa shape index (κ1) is 15.0. The van der Waals surface area contributed by atoms with E-state index in [1.807, 2.05) is 18.3 Å². The summed E-state index contributed by atoms with van der Waals surface area (Å²) >= 11 is 0. The second-order valence-electron chi connectivity index (χ2n) is 5.75. The topological polar surface area (TPSA) is 68.0 Å². The highest BCUT2D eigenvalue weighted by atomic mass is 16.2. The van der Waals surface area contributed by atoms with E-state index in [1.165, 1.54) is 32.1 Å². The van der Waals surface area contributed by atoms with Gasteiger partial charge < -0.3 is 11.1 Å². The van der Waals surface area contributed by atoms with Crippen LogP contribution in [0.1, 0.15) is 44.1 Å². The molecule has 20 heavy (non-hydrogen) atoms. The van der Waals surface area contributed by atoms with Gasteiger partial charge in [-0.05, 0) is 30.4 Å². The molecule has 1 unspecified atom stereocenters. The molecule has 3 N–H and O–H groups in total. The maximum Gasteiger partial charge on any atom is 0.236 e. The number of pyridine rings is 1. The van der Waals surface area contributed by atoms with Gasteiger partial charge in [0.2, 0.25) is 5.91 Å². The summed E-state index contributed by atoms with van der Waals surface area (Å²) in [5.74, 6) is 0.627. The van der Waals surface area contributed by atoms with Crippen LogP contribution in [0, 0.1) is 5.92 Å². The molecule has 110 valence electrons. The van der Waals surface area contributed by atoms with Crippen molar-refractivity contribution >= 4 is 5.91 Å². The molecule has 1 amide bonds. The van der Waals surface area contributed by atoms with Crippen molar-refractivity contribution in [3.63, 3.8) is 0 Å². The monoisotopic (exact) mass is 275 g/mol. The molecule has 1 aromatic rings. The zero-order chi connectivity index (χ0) is 14.2. The van der Waals surface area contributed by atoms with E-state index in [2.05, 4.69) is 10.3 Å². The second-order valence-corrected chi connectivity index (χ2v) is 5.75. The smallest absolute Gasteiger partial charge is 0.236 e. The molecule has 0 radical (unpaired) electrons. The minimum atomic E-state index is -0.355. The Labute approximate surface area is 121 Å². The molecule has 1 aliphatic carbocycles. The van der Waals surface area contributed by atoms with E-state index < -0.39 is 0 Å². The molecule has 1 aliphatic rings. The predicted molar refractivity (Wildman–Crippen MR) is 80.1 cm³/mol. The first-order valence-corrected chi connectivity index (χ1v) is 7.68. The number of nitrogens with one attached hydrogen (secondary N) is 1. The summed E-state index contributed by atoms with van der Waals surface area (Å²) in [7, 11) is 0. The fourth-order valence-electron chi connectivity index (χ4n) is 2.90. The third-order valence-corrected chi connectivity index (χ3v) is 4.08. The lowest BCUT2D eigenvalue weighted by atomic mass is 9.85. The Morgan fingerprint density at radius 2 is 2.20 bits per heavy atom. The highest BCUT2D eigenvalue weighted by Crippen LogP contribution is 2.26. The normalized spacial score (nSPS) is 17.6. The Hall–Kier alpha value is -1.42. The van der Waals surface area contributed by atoms with E-state index in [1.54, 1.807) is 6.20 Å². The summed E-state index contributed by atoms with van der Waals surface area (Å²) in [5, 5.41) is 2.93. The number of carbonyl (C=O) groups excluding carboxylic acids is 1. The van der Waals surface area contributed by atoms with Gasteiger partial charge in [0.1, 0.15) is 0 Å². The maximum atomic E-state index is 12.0. The van der Waals surface area contributed by atoms with Gasteiger partial charge in [0.25, 0.3) is 0 Å². The van der Waals surface area contributed by atoms with E-state index in [0.717, 1.165) is 18.4 Å². The Kier molecular flexibility index (Phi) is 5.99. The number of nitrogens with zero attached hydrogens (tertiary/aromatic N) is 1. The maximum absolute atomic E-state index is 12.0. The quantitative estimate of drug-likeness (QED) is 0.835. The van der Waals surface area contributed by atoms with Gasteiger partial charge in [-0.3, -0.25) is 9.78 Å². The highest BCUT2D eigenvalue weighted by molar-refractivity contribution is 5.81. The third-order valence-electron chi connectivity index (χ3n) is 4.08. The van der Waals surface area contributed by atoms with Crippen molar-refractivity contribution in [2.24, 2.45) is 11.7 Å². The van der Waals surface area contributed by atoms with Gasteiger partial charge in [0.05, 0.1) is 6.04 Å². The SMILES string of the molecule is NC(CC1CCCCC1)C(=O)NCCc1cccnc1. The second kappa shape index (κ2) is 8.00. The van der Waals surface area contributed by atoms with Crippen molar-refractivity contribution in [3.05, 3.63) is 30.1 Å². The first-order valence-electron chi connectivity index (χ1n) is 7.68. The van der Waals surface area contributed by atoms with Gasteiger partial charge in [0, 0.05) is 18.9 Å². The Morgan fingerprint density at radius 3 is 2.90 bits per heavy atom. The number of aromatic nitrogens is 1. The number of amides is 1. The number of nitrogens with two attached hydrogens (primary N) is 1. The number of hydrogen-bond donors (Lipinski definition) is 2. The molecular formula is C16H25N3O. The minimum absolute atomic E-state index is 0.0144. The van der Waals surface area contributed by atoms with Crippen LogP contribution < -0.4 is 11.1 Å². The Bertz CT molecular complexity index is 401. The summed E-state index contributed by atoms with van der Waals surface area (Å²) in [6.07, 6.45) is 11.6. The fourth-order valence-corrected chi connectivity index (χ4v) is 2.90. The highest BCUT2D eigenvalue weighted by Gasteiger charge is 2.20. The van der Waals surface area contributed by atoms with E-state index in [9.17, 15) is 4.79 Å². The molecule has 4 nitrogen and oxygen atoms in total. The zero-order valence-corrected chi connectivity index (χ0v) is 12.1. The summed E-state index contributed by atoms with van der Waals surface area (Å²) < 4.78 is 0. The van der Waals surface area contributed by atoms with Gasteiger partial charge in [-0.2, -0.15) is 0 Å². The molecule has 1 heterocycles. The molecule has 1 saturated carbocycles. The zero-order valence-electron chi connectivity index (χ0n) is 12.1. The summed E-state index contributed by atoms with van der Waals surface area (Å²) in [5.41, 5.74) is 7.14. The lowest BCUT2D eigenvalue weighted by Crippen LogP contribution is -2.42. The van der Waals surface area contributed by atoms with Crippen molar-refractivity contribution in [1.82, 2.24) is 10.3 Å². The lowest BCUT2D eigenvalue weighted by molar-refractivity contribution is -0.122. The number of rotatable bonds is 6. The van der Waals surface area contributed by atoms with Gasteiger partial charge >= 0.3 is 0 Å². The minimum Gasteiger partial charge on any atom is -0.354 e. The number of carbonyl (C=O) groups is 1. The standard InChI is InChI=1S/C16H25N3O/c17-15(11-13-5-2-1-3-6-13)16(20)19-10-8-14-7-4-9-18-12-14/h4,7,9,12-13,15H,1-3,5-6,8,10-11,17H2,(H,19,20). The molecule has 0 saturated heterocycles. The van der Waals surface area contributed by atoms with Crippen LogP contribution in [-0.4, -0.2) is 23.5 Å². The molecule has 0 bridgehead atoms. The van der Waals surface area contributed by atoms with Crippen LogP contribution in [0.2, 0.25) is 0 Å². The molecule has 0 aromatic carbocycles. The Morgan fingerprint density at radius 1 is 1.40 bits per heavy atom. The van der Waals surface area contributed by atoms with Gasteiger partial charge in [-0.1, -0.05) is 38.2 Å². The number of hydrogen-bond acceptors (Lipinski definition) is 3. The molecule has 2 rings (SSSR count). The largest absolute Gasteiger partial charge is 0.354 e. The Balaban J connectivity index is 1.65. The van der Waals surface area contributed by atoms with Crippen molar-refractivity contribution < 1.29 is 4.79 Å². The average molecular weight is 275 g/mol. The van der Waals surface area contributed by atoms with Crippen LogP contribution in [0.5, 0.6) is 0 Å². The summed E-state index contributed by atoms with van der Waals surface area (Å²) in [6, 6.07) is 3.57. The van der Waals surface area contributed by atoms with Crippen LogP contribution in [-0.2, 0) is 11.2 Å². The summed E-state index contributed by atoms with van der Waals surface area (Å²) in [4.78, 5) is 16.0. The van der Waals surface area contributed by atoms with Crippen LogP contribution >= 0.6 is 0 Å². The average Bonchev–Trinajstić information content (AvgIpc) is 2.49. The van der Waals surface area contributed by atoms with Crippen molar-refractivity contribution in [2.45, 2.75) is 51.0 Å². The van der Waals surface area contributed by atoms with E-state index >= 15 is 0 Å². The molecule has 1 aromatic heterocycles. The van der Waals surface area contributed by atoms with Gasteiger partial charge in [0.15, 0.2) is 0 Å². The molecule has 0 spiro atoms. The van der Waals surface area contributed by atoms with Gasteiger partial charge in [-0.15, -0.1) is 0 Å². The van der Waals surface area contributed by atoms with E-state index in [0.29, 0.717) is 12.5 Å². The first-order chi connectivity index (χ1) is 9.75. The van der Waals surface area contributed by atoms with Crippen LogP contribution in [0.3, 0.4) is 0 Å². The lowest BCUT2D eigenvalue weighted by Gasteiger charge is -2.24. The van der Waals surface area contributed by atoms with Gasteiger partial charge in [-0.25, -0.2) is 0 Å². The van der Waals surface area contributed by atoms with Crippen LogP contribution in [0.25, 0.3) is 0 Å². The predicted octanol–water partition coefficient (Wildman–Crippen LogP) is 2.04. The molecule has 0 aliphatic heterocycles. The van der Waals surface area contributed by atoms with E-state index in [4.69, 9.17) is 5.73 Å². The fraction of sp³-hybridized carbons (Fsp3) is 0.625. The van der Waals surface area contributed by atoms with E-state index in [-0.39, 0.29) is 11.9 Å². The third kappa shape index (κ3) is 4.93. The molecule has 1 atom stereocenters. The van der Waals surface area contributed by atoms with Crippen molar-refractivity contribution in [3.8, 4) is 0 Å². The van der Waals surface area contributed by atoms with Crippen molar-refractivity contribution in [1.29, 1.82) is 0 Å². The van der Waals surface area contributed by atoms with Crippen LogP contribution in [0.15, 0.2) is 24.5 Å². The molecule has 4 heteroatoms. The molecule has 1 fully saturated rings. The van der Waals surface area contributed by atoms with Crippen molar-refractivity contribution in [2.75, 3.05) is 6.54 Å².